The Morgan fingerprint density at radius 2 is 2.26 bits per heavy atom. The van der Waals surface area contributed by atoms with Gasteiger partial charge in [-0.25, -0.2) is 4.98 Å². The Bertz CT molecular complexity index is 579. The zero-order valence-corrected chi connectivity index (χ0v) is 13.4. The molecular formula is C13H15ClN2OS2. The molecule has 0 N–H and O–H groups in total. The van der Waals surface area contributed by atoms with Crippen LogP contribution >= 0.6 is 34.3 Å². The van der Waals surface area contributed by atoms with E-state index in [-0.39, 0.29) is 11.8 Å². The first-order valence-electron chi connectivity index (χ1n) is 5.88. The lowest BCUT2D eigenvalue weighted by atomic mass is 10.1. The molecule has 0 aliphatic heterocycles. The molecule has 3 nitrogen and oxygen atoms in total. The molecule has 2 aromatic heterocycles. The van der Waals surface area contributed by atoms with Crippen LogP contribution in [0.5, 0.6) is 0 Å². The molecule has 0 radical (unpaired) electrons. The summed E-state index contributed by atoms with van der Waals surface area (Å²) in [5, 5.41) is 3.08. The first-order chi connectivity index (χ1) is 8.97. The number of likely N-dealkylation sites (N-methyl/N-ethyl adjacent to an activating group) is 1. The molecule has 102 valence electrons. The van der Waals surface area contributed by atoms with Gasteiger partial charge in [-0.05, 0) is 33.0 Å². The molecule has 0 fully saturated rings. The molecule has 1 unspecified atom stereocenters. The Morgan fingerprint density at radius 3 is 2.79 bits per heavy atom. The Morgan fingerprint density at radius 1 is 1.53 bits per heavy atom. The van der Waals surface area contributed by atoms with E-state index >= 15 is 0 Å². The van der Waals surface area contributed by atoms with Crippen molar-refractivity contribution in [2.45, 2.75) is 26.4 Å². The van der Waals surface area contributed by atoms with Gasteiger partial charge >= 0.3 is 0 Å². The van der Waals surface area contributed by atoms with E-state index in [0.29, 0.717) is 15.8 Å². The number of rotatable bonds is 5. The number of ketones is 1. The highest BCUT2D eigenvalue weighted by Gasteiger charge is 2.21. The topological polar surface area (TPSA) is 33.2 Å². The monoisotopic (exact) mass is 314 g/mol. The standard InChI is InChI=1S/C13H15ClN2OS2/c1-8(13(17)11-4-5-12(14)19-11)16(3)6-10-7-18-9(2)15-10/h4-5,7-8H,6H2,1-3H3. The smallest absolute Gasteiger partial charge is 0.189 e. The second kappa shape index (κ2) is 6.13. The van der Waals surface area contributed by atoms with Crippen LogP contribution in [0.2, 0.25) is 4.34 Å². The van der Waals surface area contributed by atoms with Crippen molar-refractivity contribution in [3.05, 3.63) is 37.4 Å². The van der Waals surface area contributed by atoms with Crippen LogP contribution in [0.4, 0.5) is 0 Å². The summed E-state index contributed by atoms with van der Waals surface area (Å²) in [5.74, 6) is 0.103. The lowest BCUT2D eigenvalue weighted by Crippen LogP contribution is -2.35. The van der Waals surface area contributed by atoms with Gasteiger partial charge in [0.25, 0.3) is 0 Å². The van der Waals surface area contributed by atoms with Gasteiger partial charge in [0, 0.05) is 11.9 Å². The highest BCUT2D eigenvalue weighted by atomic mass is 35.5. The number of aromatic nitrogens is 1. The van der Waals surface area contributed by atoms with Crippen LogP contribution < -0.4 is 0 Å². The number of carbonyl (C=O) groups is 1. The maximum absolute atomic E-state index is 12.3. The molecule has 0 aliphatic rings. The second-order valence-corrected chi connectivity index (χ2v) is 7.19. The molecule has 0 bridgehead atoms. The first-order valence-corrected chi connectivity index (χ1v) is 7.95. The maximum Gasteiger partial charge on any atom is 0.189 e. The first kappa shape index (κ1) is 14.7. The largest absolute Gasteiger partial charge is 0.291 e. The highest BCUT2D eigenvalue weighted by molar-refractivity contribution is 7.18. The summed E-state index contributed by atoms with van der Waals surface area (Å²) < 4.78 is 0.647. The zero-order valence-electron chi connectivity index (χ0n) is 11.0. The summed E-state index contributed by atoms with van der Waals surface area (Å²) in [6.07, 6.45) is 0. The molecule has 19 heavy (non-hydrogen) atoms. The zero-order chi connectivity index (χ0) is 14.0. The Balaban J connectivity index is 2.02. The van der Waals surface area contributed by atoms with Gasteiger partial charge < -0.3 is 0 Å². The van der Waals surface area contributed by atoms with Crippen molar-refractivity contribution < 1.29 is 4.79 Å². The number of hydrogen-bond acceptors (Lipinski definition) is 5. The summed E-state index contributed by atoms with van der Waals surface area (Å²) in [7, 11) is 1.94. The third kappa shape index (κ3) is 3.63. The third-order valence-corrected chi connectivity index (χ3v) is 5.00. The summed E-state index contributed by atoms with van der Waals surface area (Å²) in [5.41, 5.74) is 1.01. The number of Topliss-reactive ketones (excluding diaryl/α,β-unsaturated/α-hetero) is 1. The minimum absolute atomic E-state index is 0.103. The predicted molar refractivity (Wildman–Crippen MR) is 81.4 cm³/mol. The minimum Gasteiger partial charge on any atom is -0.291 e. The van der Waals surface area contributed by atoms with Gasteiger partial charge in [-0.1, -0.05) is 11.6 Å². The van der Waals surface area contributed by atoms with E-state index in [1.54, 1.807) is 23.5 Å². The molecule has 0 amide bonds. The number of thiophene rings is 1. The third-order valence-electron chi connectivity index (χ3n) is 2.93. The van der Waals surface area contributed by atoms with E-state index in [9.17, 15) is 4.79 Å². The number of thiazole rings is 1. The number of aryl methyl sites for hydroxylation is 1. The van der Waals surface area contributed by atoms with Gasteiger partial charge in [-0.15, -0.1) is 22.7 Å². The molecular weight excluding hydrogens is 300 g/mol. The van der Waals surface area contributed by atoms with Crippen LogP contribution in [0.3, 0.4) is 0 Å². The van der Waals surface area contributed by atoms with Crippen molar-refractivity contribution in [1.29, 1.82) is 0 Å². The highest BCUT2D eigenvalue weighted by Crippen LogP contribution is 2.23. The molecule has 0 aliphatic carbocycles. The van der Waals surface area contributed by atoms with Crippen LogP contribution in [0.1, 0.15) is 27.3 Å². The van der Waals surface area contributed by atoms with Crippen LogP contribution in [-0.2, 0) is 6.54 Å². The van der Waals surface area contributed by atoms with Crippen LogP contribution in [-0.4, -0.2) is 28.8 Å². The fraction of sp³-hybridized carbons (Fsp3) is 0.385. The molecule has 6 heteroatoms. The summed E-state index contributed by atoms with van der Waals surface area (Å²) in [4.78, 5) is 19.4. The van der Waals surface area contributed by atoms with Gasteiger partial charge in [0.15, 0.2) is 5.78 Å². The van der Waals surface area contributed by atoms with Crippen molar-refractivity contribution in [3.8, 4) is 0 Å². The average Bonchev–Trinajstić information content (AvgIpc) is 2.96. The predicted octanol–water partition coefficient (Wildman–Crippen LogP) is 3.87. The summed E-state index contributed by atoms with van der Waals surface area (Å²) in [6.45, 7) is 4.57. The lowest BCUT2D eigenvalue weighted by molar-refractivity contribution is 0.0865. The van der Waals surface area contributed by atoms with E-state index in [1.807, 2.05) is 31.2 Å². The van der Waals surface area contributed by atoms with E-state index < -0.39 is 0 Å². The Labute approximate surface area is 125 Å². The van der Waals surface area contributed by atoms with E-state index in [4.69, 9.17) is 11.6 Å². The Hall–Kier alpha value is -0.750. The summed E-state index contributed by atoms with van der Waals surface area (Å²) in [6, 6.07) is 3.36. The molecule has 2 aromatic rings. The van der Waals surface area contributed by atoms with Gasteiger partial charge in [-0.3, -0.25) is 9.69 Å². The molecule has 0 saturated heterocycles. The average molecular weight is 315 g/mol. The number of carbonyl (C=O) groups excluding carboxylic acids is 1. The molecule has 2 heterocycles. The van der Waals surface area contributed by atoms with Gasteiger partial charge in [0.2, 0.25) is 0 Å². The summed E-state index contributed by atoms with van der Waals surface area (Å²) >= 11 is 8.82. The second-order valence-electron chi connectivity index (χ2n) is 4.42. The van der Waals surface area contributed by atoms with Crippen molar-refractivity contribution in [2.24, 2.45) is 0 Å². The lowest BCUT2D eigenvalue weighted by Gasteiger charge is -2.22. The molecule has 0 spiro atoms. The normalized spacial score (nSPS) is 12.9. The van der Waals surface area contributed by atoms with E-state index in [1.165, 1.54) is 11.3 Å². The van der Waals surface area contributed by atoms with Crippen molar-refractivity contribution in [1.82, 2.24) is 9.88 Å². The quantitative estimate of drug-likeness (QED) is 0.785. The fourth-order valence-corrected chi connectivity index (χ4v) is 3.40. The maximum atomic E-state index is 12.3. The number of hydrogen-bond donors (Lipinski definition) is 0. The molecule has 0 aromatic carbocycles. The van der Waals surface area contributed by atoms with Crippen molar-refractivity contribution in [3.63, 3.8) is 0 Å². The van der Waals surface area contributed by atoms with Crippen LogP contribution in [0.15, 0.2) is 17.5 Å². The fourth-order valence-electron chi connectivity index (χ4n) is 1.73. The number of halogens is 1. The number of nitrogens with zero attached hydrogens (tertiary/aromatic N) is 2. The molecule has 1 atom stereocenters. The van der Waals surface area contributed by atoms with Gasteiger partial charge in [0.05, 0.1) is 26.0 Å². The molecule has 2 rings (SSSR count). The van der Waals surface area contributed by atoms with Crippen molar-refractivity contribution >= 4 is 40.1 Å². The SMILES string of the molecule is Cc1nc(CN(C)C(C)C(=O)c2ccc(Cl)s2)cs1. The molecule has 0 saturated carbocycles. The van der Waals surface area contributed by atoms with E-state index in [0.717, 1.165) is 10.7 Å². The Kier molecular flexibility index (Phi) is 4.73. The van der Waals surface area contributed by atoms with Gasteiger partial charge in [-0.2, -0.15) is 0 Å². The van der Waals surface area contributed by atoms with Crippen LogP contribution in [0.25, 0.3) is 0 Å². The van der Waals surface area contributed by atoms with Gasteiger partial charge in [0.1, 0.15) is 0 Å². The minimum atomic E-state index is -0.184. The van der Waals surface area contributed by atoms with E-state index in [2.05, 4.69) is 4.98 Å². The van der Waals surface area contributed by atoms with Crippen molar-refractivity contribution in [2.75, 3.05) is 7.05 Å². The van der Waals surface area contributed by atoms with Crippen LogP contribution in [0, 0.1) is 6.92 Å².